The van der Waals surface area contributed by atoms with Crippen molar-refractivity contribution in [1.82, 2.24) is 14.7 Å². The van der Waals surface area contributed by atoms with E-state index in [4.69, 9.17) is 5.73 Å². The summed E-state index contributed by atoms with van der Waals surface area (Å²) in [5.74, 6) is 0.0296. The van der Waals surface area contributed by atoms with Crippen molar-refractivity contribution in [3.8, 4) is 0 Å². The summed E-state index contributed by atoms with van der Waals surface area (Å²) in [7, 11) is 0. The minimum absolute atomic E-state index is 0.0296. The number of carbonyl (C=O) groups is 1. The Morgan fingerprint density at radius 3 is 2.60 bits per heavy atom. The molecule has 1 amide bonds. The van der Waals surface area contributed by atoms with Crippen LogP contribution < -0.4 is 5.73 Å². The van der Waals surface area contributed by atoms with Crippen molar-refractivity contribution < 1.29 is 4.79 Å². The zero-order valence-electron chi connectivity index (χ0n) is 11.3. The molecule has 5 heteroatoms. The van der Waals surface area contributed by atoms with Gasteiger partial charge < -0.3 is 10.6 Å². The molecule has 2 N–H and O–H groups in total. The molecule has 2 aromatic rings. The summed E-state index contributed by atoms with van der Waals surface area (Å²) < 4.78 is 1.98. The summed E-state index contributed by atoms with van der Waals surface area (Å²) in [5.41, 5.74) is 7.02. The zero-order chi connectivity index (χ0) is 13.9. The molecule has 1 aliphatic heterocycles. The lowest BCUT2D eigenvalue weighted by molar-refractivity contribution is 0.0691. The monoisotopic (exact) mass is 270 g/mol. The number of aromatic nitrogens is 2. The average Bonchev–Trinajstić information content (AvgIpc) is 3.01. The largest absolute Gasteiger partial charge is 0.398 e. The van der Waals surface area contributed by atoms with Gasteiger partial charge in [-0.1, -0.05) is 12.1 Å². The lowest BCUT2D eigenvalue weighted by atomic mass is 10.0. The zero-order valence-corrected chi connectivity index (χ0v) is 11.3. The van der Waals surface area contributed by atoms with Gasteiger partial charge in [0, 0.05) is 31.2 Å². The van der Waals surface area contributed by atoms with Crippen LogP contribution in [0.2, 0.25) is 0 Å². The van der Waals surface area contributed by atoms with Gasteiger partial charge in [-0.05, 0) is 31.0 Å². The molecule has 20 heavy (non-hydrogen) atoms. The van der Waals surface area contributed by atoms with E-state index in [2.05, 4.69) is 5.10 Å². The van der Waals surface area contributed by atoms with Gasteiger partial charge in [0.25, 0.3) is 5.91 Å². The number of anilines is 1. The number of nitrogen functional groups attached to an aromatic ring is 1. The number of hydrogen-bond donors (Lipinski definition) is 1. The van der Waals surface area contributed by atoms with Crippen LogP contribution in [0, 0.1) is 0 Å². The molecular formula is C15H18N4O. The number of rotatable bonds is 2. The van der Waals surface area contributed by atoms with Crippen LogP contribution in [0.1, 0.15) is 29.2 Å². The number of amides is 1. The van der Waals surface area contributed by atoms with Gasteiger partial charge in [0.1, 0.15) is 0 Å². The minimum Gasteiger partial charge on any atom is -0.398 e. The highest BCUT2D eigenvalue weighted by atomic mass is 16.2. The second-order valence-corrected chi connectivity index (χ2v) is 5.10. The predicted octanol–water partition coefficient (Wildman–Crippen LogP) is 1.94. The van der Waals surface area contributed by atoms with Crippen molar-refractivity contribution in [2.45, 2.75) is 18.9 Å². The Labute approximate surface area is 118 Å². The molecule has 1 aromatic carbocycles. The fourth-order valence-corrected chi connectivity index (χ4v) is 2.69. The first-order valence-corrected chi connectivity index (χ1v) is 6.88. The van der Waals surface area contributed by atoms with E-state index >= 15 is 0 Å². The van der Waals surface area contributed by atoms with E-state index in [1.54, 1.807) is 18.3 Å². The molecule has 1 aliphatic rings. The Morgan fingerprint density at radius 1 is 1.20 bits per heavy atom. The highest BCUT2D eigenvalue weighted by Crippen LogP contribution is 2.23. The summed E-state index contributed by atoms with van der Waals surface area (Å²) in [6, 6.07) is 9.57. The van der Waals surface area contributed by atoms with Gasteiger partial charge in [-0.25, -0.2) is 0 Å². The standard InChI is InChI=1S/C15H18N4O/c16-14-5-2-1-4-13(14)15(20)18-10-6-12(7-11-18)19-9-3-8-17-19/h1-5,8-9,12H,6-7,10-11,16H2. The molecule has 2 heterocycles. The quantitative estimate of drug-likeness (QED) is 0.848. The van der Waals surface area contributed by atoms with E-state index in [-0.39, 0.29) is 5.91 Å². The number of hydrogen-bond acceptors (Lipinski definition) is 3. The number of benzene rings is 1. The third-order valence-electron chi connectivity index (χ3n) is 3.84. The molecular weight excluding hydrogens is 252 g/mol. The number of likely N-dealkylation sites (tertiary alicyclic amines) is 1. The molecule has 5 nitrogen and oxygen atoms in total. The number of para-hydroxylation sites is 1. The van der Waals surface area contributed by atoms with E-state index in [0.717, 1.165) is 25.9 Å². The average molecular weight is 270 g/mol. The van der Waals surface area contributed by atoms with Crippen molar-refractivity contribution in [3.05, 3.63) is 48.3 Å². The molecule has 1 saturated heterocycles. The molecule has 0 aliphatic carbocycles. The smallest absolute Gasteiger partial charge is 0.255 e. The molecule has 1 aromatic heterocycles. The molecule has 0 unspecified atom stereocenters. The van der Waals surface area contributed by atoms with Crippen molar-refractivity contribution >= 4 is 11.6 Å². The molecule has 104 valence electrons. The van der Waals surface area contributed by atoms with Gasteiger partial charge in [0.05, 0.1) is 11.6 Å². The molecule has 3 rings (SSSR count). The van der Waals surface area contributed by atoms with Crippen LogP contribution in [-0.2, 0) is 0 Å². The topological polar surface area (TPSA) is 64.2 Å². The molecule has 0 saturated carbocycles. The Kier molecular flexibility index (Phi) is 3.41. The van der Waals surface area contributed by atoms with Crippen LogP contribution in [0.5, 0.6) is 0 Å². The van der Waals surface area contributed by atoms with E-state index in [1.165, 1.54) is 0 Å². The van der Waals surface area contributed by atoms with E-state index in [9.17, 15) is 4.79 Å². The predicted molar refractivity (Wildman–Crippen MR) is 77.3 cm³/mol. The van der Waals surface area contributed by atoms with Gasteiger partial charge in [0.2, 0.25) is 0 Å². The van der Waals surface area contributed by atoms with Crippen LogP contribution >= 0.6 is 0 Å². The molecule has 0 atom stereocenters. The fourth-order valence-electron chi connectivity index (χ4n) is 2.69. The normalized spacial score (nSPS) is 16.3. The lowest BCUT2D eigenvalue weighted by Gasteiger charge is -2.32. The van der Waals surface area contributed by atoms with Gasteiger partial charge in [0.15, 0.2) is 0 Å². The maximum absolute atomic E-state index is 12.4. The third kappa shape index (κ3) is 2.39. The number of nitrogens with zero attached hydrogens (tertiary/aromatic N) is 3. The van der Waals surface area contributed by atoms with Gasteiger partial charge in [-0.15, -0.1) is 0 Å². The molecule has 0 radical (unpaired) electrons. The first-order valence-electron chi connectivity index (χ1n) is 6.88. The molecule has 0 bridgehead atoms. The summed E-state index contributed by atoms with van der Waals surface area (Å²) in [5, 5.41) is 4.28. The van der Waals surface area contributed by atoms with E-state index in [0.29, 0.717) is 17.3 Å². The maximum atomic E-state index is 12.4. The lowest BCUT2D eigenvalue weighted by Crippen LogP contribution is -2.39. The van der Waals surface area contributed by atoms with Crippen molar-refractivity contribution in [2.75, 3.05) is 18.8 Å². The first kappa shape index (κ1) is 12.7. The van der Waals surface area contributed by atoms with Crippen LogP contribution in [0.15, 0.2) is 42.7 Å². The Morgan fingerprint density at radius 2 is 1.95 bits per heavy atom. The Balaban J connectivity index is 1.66. The Bertz CT molecular complexity index is 586. The van der Waals surface area contributed by atoms with Gasteiger partial charge >= 0.3 is 0 Å². The summed E-state index contributed by atoms with van der Waals surface area (Å²) in [6.07, 6.45) is 5.64. The van der Waals surface area contributed by atoms with Crippen LogP contribution in [-0.4, -0.2) is 33.7 Å². The molecule has 1 fully saturated rings. The van der Waals surface area contributed by atoms with Crippen LogP contribution in [0.3, 0.4) is 0 Å². The van der Waals surface area contributed by atoms with Gasteiger partial charge in [-0.2, -0.15) is 5.10 Å². The van der Waals surface area contributed by atoms with E-state index < -0.39 is 0 Å². The fraction of sp³-hybridized carbons (Fsp3) is 0.333. The van der Waals surface area contributed by atoms with Gasteiger partial charge in [-0.3, -0.25) is 9.48 Å². The van der Waals surface area contributed by atoms with Crippen LogP contribution in [0.4, 0.5) is 5.69 Å². The Hall–Kier alpha value is -2.30. The summed E-state index contributed by atoms with van der Waals surface area (Å²) in [6.45, 7) is 1.50. The second-order valence-electron chi connectivity index (χ2n) is 5.10. The second kappa shape index (κ2) is 5.36. The minimum atomic E-state index is 0.0296. The number of piperidine rings is 1. The molecule has 0 spiro atoms. The highest BCUT2D eigenvalue weighted by molar-refractivity contribution is 5.99. The van der Waals surface area contributed by atoms with E-state index in [1.807, 2.05) is 34.0 Å². The highest BCUT2D eigenvalue weighted by Gasteiger charge is 2.25. The van der Waals surface area contributed by atoms with Crippen molar-refractivity contribution in [3.63, 3.8) is 0 Å². The number of carbonyl (C=O) groups excluding carboxylic acids is 1. The summed E-state index contributed by atoms with van der Waals surface area (Å²) >= 11 is 0. The van der Waals surface area contributed by atoms with Crippen molar-refractivity contribution in [2.24, 2.45) is 0 Å². The SMILES string of the molecule is Nc1ccccc1C(=O)N1CCC(n2cccn2)CC1. The maximum Gasteiger partial charge on any atom is 0.255 e. The van der Waals surface area contributed by atoms with Crippen LogP contribution in [0.25, 0.3) is 0 Å². The first-order chi connectivity index (χ1) is 9.75. The summed E-state index contributed by atoms with van der Waals surface area (Å²) in [4.78, 5) is 14.3. The number of nitrogens with two attached hydrogens (primary N) is 1. The van der Waals surface area contributed by atoms with Crippen molar-refractivity contribution in [1.29, 1.82) is 0 Å². The third-order valence-corrected chi connectivity index (χ3v) is 3.84.